The van der Waals surface area contributed by atoms with Crippen molar-refractivity contribution in [2.24, 2.45) is 0 Å². The van der Waals surface area contributed by atoms with Gasteiger partial charge in [0.05, 0.1) is 18.9 Å². The molecule has 2 aromatic rings. The number of nitrogens with zero attached hydrogens (tertiary/aromatic N) is 3. The van der Waals surface area contributed by atoms with Gasteiger partial charge >= 0.3 is 0 Å². The van der Waals surface area contributed by atoms with E-state index in [4.69, 9.17) is 4.74 Å². The Kier molecular flexibility index (Phi) is 4.49. The molecule has 3 rings (SSSR count). The SMILES string of the molecule is COc1ccc(CN2C[C@@H](O)C[C@@H]2c2ccc(F)c(F)c2)nn1. The van der Waals surface area contributed by atoms with Gasteiger partial charge in [0.2, 0.25) is 5.88 Å². The van der Waals surface area contributed by atoms with Crippen molar-refractivity contribution in [3.05, 3.63) is 53.2 Å². The molecule has 1 N–H and O–H groups in total. The molecule has 7 heteroatoms. The number of hydrogen-bond acceptors (Lipinski definition) is 5. The molecule has 1 aliphatic rings. The lowest BCUT2D eigenvalue weighted by atomic mass is 10.0. The van der Waals surface area contributed by atoms with Gasteiger partial charge in [-0.3, -0.25) is 4.90 Å². The number of aliphatic hydroxyl groups excluding tert-OH is 1. The fourth-order valence-electron chi connectivity index (χ4n) is 2.87. The molecular formula is C16H17F2N3O2. The molecule has 0 bridgehead atoms. The van der Waals surface area contributed by atoms with Gasteiger partial charge in [-0.2, -0.15) is 5.10 Å². The maximum absolute atomic E-state index is 13.5. The molecule has 1 saturated heterocycles. The Balaban J connectivity index is 1.79. The van der Waals surface area contributed by atoms with Crippen molar-refractivity contribution in [2.75, 3.05) is 13.7 Å². The molecule has 2 heterocycles. The molecular weight excluding hydrogens is 304 g/mol. The number of aliphatic hydroxyl groups is 1. The number of halogens is 2. The van der Waals surface area contributed by atoms with Crippen molar-refractivity contribution in [1.82, 2.24) is 15.1 Å². The van der Waals surface area contributed by atoms with E-state index in [1.807, 2.05) is 4.90 Å². The van der Waals surface area contributed by atoms with Gasteiger partial charge in [0, 0.05) is 25.2 Å². The summed E-state index contributed by atoms with van der Waals surface area (Å²) >= 11 is 0. The zero-order chi connectivity index (χ0) is 16.4. The summed E-state index contributed by atoms with van der Waals surface area (Å²) in [6.07, 6.45) is -0.0476. The van der Waals surface area contributed by atoms with Gasteiger partial charge < -0.3 is 9.84 Å². The summed E-state index contributed by atoms with van der Waals surface area (Å²) in [7, 11) is 1.51. The second kappa shape index (κ2) is 6.55. The fourth-order valence-corrected chi connectivity index (χ4v) is 2.87. The molecule has 0 radical (unpaired) electrons. The zero-order valence-electron chi connectivity index (χ0n) is 12.6. The lowest BCUT2D eigenvalue weighted by molar-refractivity contribution is 0.172. The highest BCUT2D eigenvalue weighted by Crippen LogP contribution is 2.33. The third-order valence-corrected chi connectivity index (χ3v) is 3.98. The Morgan fingerprint density at radius 2 is 2.04 bits per heavy atom. The van der Waals surface area contributed by atoms with E-state index < -0.39 is 17.7 Å². The van der Waals surface area contributed by atoms with Gasteiger partial charge in [-0.05, 0) is 30.2 Å². The maximum atomic E-state index is 13.5. The van der Waals surface area contributed by atoms with Crippen molar-refractivity contribution in [1.29, 1.82) is 0 Å². The molecule has 1 fully saturated rings. The number of ether oxygens (including phenoxy) is 1. The predicted octanol–water partition coefficient (Wildman–Crippen LogP) is 2.07. The number of aromatic nitrogens is 2. The fraction of sp³-hybridized carbons (Fsp3) is 0.375. The summed E-state index contributed by atoms with van der Waals surface area (Å²) in [5.41, 5.74) is 1.36. The number of β-amino-alcohol motifs (C(OH)–C–C–N with tert-alkyl or cyclic N) is 1. The van der Waals surface area contributed by atoms with Crippen LogP contribution >= 0.6 is 0 Å². The Labute approximate surface area is 132 Å². The largest absolute Gasteiger partial charge is 0.480 e. The lowest BCUT2D eigenvalue weighted by Gasteiger charge is -2.24. The quantitative estimate of drug-likeness (QED) is 0.934. The van der Waals surface area contributed by atoms with E-state index in [1.54, 1.807) is 18.2 Å². The standard InChI is InChI=1S/C16H17F2N3O2/c1-23-16-5-3-11(19-20-16)8-21-9-12(22)7-15(21)10-2-4-13(17)14(18)6-10/h2-6,12,15,22H,7-9H2,1H3/t12-,15+/m0/s1. The molecule has 1 aromatic heterocycles. The third-order valence-electron chi connectivity index (χ3n) is 3.98. The predicted molar refractivity (Wildman–Crippen MR) is 78.7 cm³/mol. The summed E-state index contributed by atoms with van der Waals surface area (Å²) in [5, 5.41) is 17.9. The van der Waals surface area contributed by atoms with E-state index in [-0.39, 0.29) is 6.04 Å². The Hall–Kier alpha value is -2.12. The van der Waals surface area contributed by atoms with Crippen molar-refractivity contribution < 1.29 is 18.6 Å². The Bertz CT molecular complexity index is 682. The molecule has 0 saturated carbocycles. The Morgan fingerprint density at radius 1 is 1.22 bits per heavy atom. The van der Waals surface area contributed by atoms with Crippen molar-refractivity contribution >= 4 is 0 Å². The van der Waals surface area contributed by atoms with Gasteiger partial charge in [-0.25, -0.2) is 8.78 Å². The van der Waals surface area contributed by atoms with Crippen LogP contribution < -0.4 is 4.74 Å². The van der Waals surface area contributed by atoms with Gasteiger partial charge in [-0.1, -0.05) is 6.07 Å². The average molecular weight is 321 g/mol. The topological polar surface area (TPSA) is 58.5 Å². The van der Waals surface area contributed by atoms with Crippen LogP contribution in [-0.2, 0) is 6.54 Å². The summed E-state index contributed by atoms with van der Waals surface area (Å²) in [5.74, 6) is -1.33. The first-order valence-electron chi connectivity index (χ1n) is 7.30. The van der Waals surface area contributed by atoms with Crippen molar-refractivity contribution in [3.63, 3.8) is 0 Å². The minimum absolute atomic E-state index is 0.191. The zero-order valence-corrected chi connectivity index (χ0v) is 12.6. The minimum Gasteiger partial charge on any atom is -0.480 e. The van der Waals surface area contributed by atoms with E-state index >= 15 is 0 Å². The number of likely N-dealkylation sites (tertiary alicyclic amines) is 1. The Morgan fingerprint density at radius 3 is 2.70 bits per heavy atom. The summed E-state index contributed by atoms with van der Waals surface area (Å²) in [6, 6.07) is 7.16. The average Bonchev–Trinajstić information content (AvgIpc) is 2.91. The lowest BCUT2D eigenvalue weighted by Crippen LogP contribution is -2.25. The van der Waals surface area contributed by atoms with Crippen molar-refractivity contribution in [2.45, 2.75) is 25.1 Å². The number of benzene rings is 1. The summed E-state index contributed by atoms with van der Waals surface area (Å²) in [6.45, 7) is 0.898. The van der Waals surface area contributed by atoms with Crippen LogP contribution in [0, 0.1) is 11.6 Å². The first-order chi connectivity index (χ1) is 11.1. The minimum atomic E-state index is -0.881. The van der Waals surface area contributed by atoms with Gasteiger partial charge in [0.15, 0.2) is 11.6 Å². The molecule has 0 spiro atoms. The number of rotatable bonds is 4. The molecule has 5 nitrogen and oxygen atoms in total. The van der Waals surface area contributed by atoms with Crippen LogP contribution in [-0.4, -0.2) is 40.0 Å². The molecule has 0 amide bonds. The van der Waals surface area contributed by atoms with Crippen LogP contribution in [0.3, 0.4) is 0 Å². The molecule has 122 valence electrons. The molecule has 1 aliphatic heterocycles. The first-order valence-corrected chi connectivity index (χ1v) is 7.30. The highest BCUT2D eigenvalue weighted by atomic mass is 19.2. The van der Waals surface area contributed by atoms with Crippen molar-refractivity contribution in [3.8, 4) is 5.88 Å². The van der Waals surface area contributed by atoms with Gasteiger partial charge in [-0.15, -0.1) is 5.10 Å². The highest BCUT2D eigenvalue weighted by Gasteiger charge is 2.32. The maximum Gasteiger partial charge on any atom is 0.233 e. The third kappa shape index (κ3) is 3.46. The van der Waals surface area contributed by atoms with Crippen LogP contribution in [0.15, 0.2) is 30.3 Å². The van der Waals surface area contributed by atoms with E-state index in [9.17, 15) is 13.9 Å². The number of hydrogen-bond donors (Lipinski definition) is 1. The monoisotopic (exact) mass is 321 g/mol. The van der Waals surface area contributed by atoms with Crippen LogP contribution in [0.5, 0.6) is 5.88 Å². The molecule has 2 atom stereocenters. The van der Waals surface area contributed by atoms with Crippen LogP contribution in [0.2, 0.25) is 0 Å². The summed E-state index contributed by atoms with van der Waals surface area (Å²) in [4.78, 5) is 1.98. The van der Waals surface area contributed by atoms with E-state index in [2.05, 4.69) is 10.2 Å². The number of methoxy groups -OCH3 is 1. The molecule has 23 heavy (non-hydrogen) atoms. The first kappa shape index (κ1) is 15.8. The second-order valence-electron chi connectivity index (χ2n) is 5.58. The van der Waals surface area contributed by atoms with Crippen LogP contribution in [0.25, 0.3) is 0 Å². The van der Waals surface area contributed by atoms with E-state index in [1.165, 1.54) is 13.2 Å². The smallest absolute Gasteiger partial charge is 0.233 e. The highest BCUT2D eigenvalue weighted by molar-refractivity contribution is 5.23. The summed E-state index contributed by atoms with van der Waals surface area (Å²) < 4.78 is 31.6. The molecule has 0 aliphatic carbocycles. The van der Waals surface area contributed by atoms with Gasteiger partial charge in [0.1, 0.15) is 0 Å². The molecule has 1 aromatic carbocycles. The van der Waals surface area contributed by atoms with Crippen LogP contribution in [0.4, 0.5) is 8.78 Å². The van der Waals surface area contributed by atoms with E-state index in [0.717, 1.165) is 6.07 Å². The normalized spacial score (nSPS) is 21.6. The van der Waals surface area contributed by atoms with E-state index in [0.29, 0.717) is 36.6 Å². The second-order valence-corrected chi connectivity index (χ2v) is 5.58. The molecule has 0 unspecified atom stereocenters. The van der Waals surface area contributed by atoms with Gasteiger partial charge in [0.25, 0.3) is 0 Å². The van der Waals surface area contributed by atoms with Crippen LogP contribution in [0.1, 0.15) is 23.7 Å².